The van der Waals surface area contributed by atoms with E-state index in [0.29, 0.717) is 6.10 Å². The number of hydrogen-bond acceptors (Lipinski definition) is 1. The fourth-order valence-corrected chi connectivity index (χ4v) is 3.39. The molecule has 1 heterocycles. The van der Waals surface area contributed by atoms with E-state index in [1.165, 1.54) is 12.8 Å². The van der Waals surface area contributed by atoms with Crippen LogP contribution in [0.2, 0.25) is 0 Å². The van der Waals surface area contributed by atoms with Crippen LogP contribution in [0, 0.1) is 23.7 Å². The van der Waals surface area contributed by atoms with E-state index in [4.69, 9.17) is 4.74 Å². The van der Waals surface area contributed by atoms with Gasteiger partial charge in [0.15, 0.2) is 0 Å². The lowest BCUT2D eigenvalue weighted by Crippen LogP contribution is -2.23. The van der Waals surface area contributed by atoms with Gasteiger partial charge in [0, 0.05) is 0 Å². The lowest BCUT2D eigenvalue weighted by atomic mass is 9.84. The van der Waals surface area contributed by atoms with Gasteiger partial charge in [0.1, 0.15) is 0 Å². The third kappa shape index (κ3) is 0.460. The van der Waals surface area contributed by atoms with Gasteiger partial charge in [-0.25, -0.2) is 0 Å². The molecule has 0 amide bonds. The number of fused-ring (bicyclic) bond motifs is 1. The molecule has 1 saturated heterocycles. The van der Waals surface area contributed by atoms with Crippen molar-refractivity contribution >= 4 is 0 Å². The quantitative estimate of drug-likeness (QED) is 0.495. The molecule has 10 heavy (non-hydrogen) atoms. The van der Waals surface area contributed by atoms with E-state index in [9.17, 15) is 0 Å². The third-order valence-corrected chi connectivity index (χ3v) is 3.97. The second-order valence-corrected chi connectivity index (χ2v) is 4.31. The van der Waals surface area contributed by atoms with Crippen LogP contribution in [0.25, 0.3) is 0 Å². The van der Waals surface area contributed by atoms with Crippen molar-refractivity contribution in [2.75, 3.05) is 6.61 Å². The largest absolute Gasteiger partial charge is 0.377 e. The van der Waals surface area contributed by atoms with Gasteiger partial charge in [0.2, 0.25) is 0 Å². The Morgan fingerprint density at radius 2 is 2.10 bits per heavy atom. The molecule has 0 radical (unpaired) electrons. The second kappa shape index (κ2) is 1.58. The van der Waals surface area contributed by atoms with Gasteiger partial charge < -0.3 is 4.74 Å². The predicted molar refractivity (Wildman–Crippen MR) is 38.6 cm³/mol. The molecule has 1 heteroatoms. The fourth-order valence-electron chi connectivity index (χ4n) is 3.39. The Balaban J connectivity index is 2.00. The van der Waals surface area contributed by atoms with Gasteiger partial charge in [-0.3, -0.25) is 0 Å². The molecule has 2 aliphatic carbocycles. The van der Waals surface area contributed by atoms with Gasteiger partial charge in [-0.15, -0.1) is 0 Å². The summed E-state index contributed by atoms with van der Waals surface area (Å²) in [6.07, 6.45) is 3.63. The van der Waals surface area contributed by atoms with Crippen LogP contribution in [0.1, 0.15) is 19.8 Å². The molecule has 0 N–H and O–H groups in total. The van der Waals surface area contributed by atoms with Crippen LogP contribution in [0.15, 0.2) is 0 Å². The van der Waals surface area contributed by atoms with E-state index < -0.39 is 0 Å². The molecule has 2 bridgehead atoms. The topological polar surface area (TPSA) is 9.23 Å². The Labute approximate surface area is 61.8 Å². The maximum Gasteiger partial charge on any atom is 0.0635 e. The lowest BCUT2D eigenvalue weighted by Gasteiger charge is -2.22. The molecule has 3 aliphatic rings. The van der Waals surface area contributed by atoms with Gasteiger partial charge in [-0.05, 0) is 36.5 Å². The molecular formula is C9H14O. The second-order valence-electron chi connectivity index (χ2n) is 4.31. The van der Waals surface area contributed by atoms with Crippen molar-refractivity contribution in [3.8, 4) is 0 Å². The molecule has 0 spiro atoms. The van der Waals surface area contributed by atoms with Gasteiger partial charge in [0.25, 0.3) is 0 Å². The predicted octanol–water partition coefficient (Wildman–Crippen LogP) is 1.68. The molecular weight excluding hydrogens is 124 g/mol. The zero-order chi connectivity index (χ0) is 6.72. The van der Waals surface area contributed by atoms with Gasteiger partial charge in [-0.2, -0.15) is 0 Å². The highest BCUT2D eigenvalue weighted by Gasteiger charge is 2.55. The summed E-state index contributed by atoms with van der Waals surface area (Å²) >= 11 is 0. The first-order chi connectivity index (χ1) is 4.86. The Bertz CT molecular complexity index is 164. The van der Waals surface area contributed by atoms with E-state index in [0.717, 1.165) is 30.3 Å². The van der Waals surface area contributed by atoms with Crippen LogP contribution in [-0.2, 0) is 4.74 Å². The minimum Gasteiger partial charge on any atom is -0.377 e. The Hall–Kier alpha value is -0.0400. The van der Waals surface area contributed by atoms with E-state index in [2.05, 4.69) is 6.92 Å². The molecule has 0 aromatic heterocycles. The zero-order valence-corrected chi connectivity index (χ0v) is 6.42. The summed E-state index contributed by atoms with van der Waals surface area (Å²) in [4.78, 5) is 0. The Morgan fingerprint density at radius 3 is 2.80 bits per heavy atom. The van der Waals surface area contributed by atoms with Crippen LogP contribution in [-0.4, -0.2) is 12.7 Å². The van der Waals surface area contributed by atoms with Crippen molar-refractivity contribution in [1.82, 2.24) is 0 Å². The first-order valence-corrected chi connectivity index (χ1v) is 4.48. The molecule has 1 aliphatic heterocycles. The van der Waals surface area contributed by atoms with Gasteiger partial charge in [0.05, 0.1) is 12.7 Å². The van der Waals surface area contributed by atoms with Crippen LogP contribution < -0.4 is 0 Å². The molecule has 3 fully saturated rings. The van der Waals surface area contributed by atoms with Gasteiger partial charge in [-0.1, -0.05) is 6.92 Å². The fraction of sp³-hybridized carbons (Fsp3) is 1.00. The molecule has 5 unspecified atom stereocenters. The molecule has 0 aromatic rings. The third-order valence-electron chi connectivity index (χ3n) is 3.97. The minimum atomic E-state index is 0.670. The highest BCUT2D eigenvalue weighted by atomic mass is 16.5. The van der Waals surface area contributed by atoms with E-state index in [-0.39, 0.29) is 0 Å². The first kappa shape index (κ1) is 5.59. The average molecular weight is 138 g/mol. The highest BCUT2D eigenvalue weighted by Crippen LogP contribution is 2.56. The number of ether oxygens (including phenoxy) is 1. The summed E-state index contributed by atoms with van der Waals surface area (Å²) in [6, 6.07) is 0. The summed E-state index contributed by atoms with van der Waals surface area (Å²) in [5, 5.41) is 0. The van der Waals surface area contributed by atoms with Crippen LogP contribution in [0.4, 0.5) is 0 Å². The highest BCUT2D eigenvalue weighted by molar-refractivity contribution is 5.03. The van der Waals surface area contributed by atoms with Crippen LogP contribution >= 0.6 is 0 Å². The minimum absolute atomic E-state index is 0.670. The molecule has 5 atom stereocenters. The molecule has 0 aromatic carbocycles. The van der Waals surface area contributed by atoms with E-state index in [1.54, 1.807) is 0 Å². The average Bonchev–Trinajstić information content (AvgIpc) is 2.43. The molecule has 1 nitrogen and oxygen atoms in total. The summed E-state index contributed by atoms with van der Waals surface area (Å²) < 4.78 is 5.74. The SMILES string of the molecule is CC1C2CC3COC1C3C2. The number of hydrogen-bond donors (Lipinski definition) is 0. The van der Waals surface area contributed by atoms with Crippen molar-refractivity contribution in [3.05, 3.63) is 0 Å². The Kier molecular flexibility index (Phi) is 0.883. The van der Waals surface area contributed by atoms with Crippen molar-refractivity contribution in [2.24, 2.45) is 23.7 Å². The van der Waals surface area contributed by atoms with Crippen molar-refractivity contribution in [1.29, 1.82) is 0 Å². The monoisotopic (exact) mass is 138 g/mol. The van der Waals surface area contributed by atoms with Crippen LogP contribution in [0.5, 0.6) is 0 Å². The molecule has 3 rings (SSSR count). The van der Waals surface area contributed by atoms with Crippen molar-refractivity contribution in [2.45, 2.75) is 25.9 Å². The standard InChI is InChI=1S/C9H14O/c1-5-6-2-7-4-10-9(5)8(7)3-6/h5-9H,2-4H2,1H3. The van der Waals surface area contributed by atoms with Crippen molar-refractivity contribution < 1.29 is 4.74 Å². The zero-order valence-electron chi connectivity index (χ0n) is 6.42. The molecule has 56 valence electrons. The van der Waals surface area contributed by atoms with Gasteiger partial charge >= 0.3 is 0 Å². The maximum atomic E-state index is 5.74. The van der Waals surface area contributed by atoms with Crippen molar-refractivity contribution in [3.63, 3.8) is 0 Å². The van der Waals surface area contributed by atoms with E-state index >= 15 is 0 Å². The summed E-state index contributed by atoms with van der Waals surface area (Å²) in [5.74, 6) is 3.84. The maximum absolute atomic E-state index is 5.74. The van der Waals surface area contributed by atoms with Crippen LogP contribution in [0.3, 0.4) is 0 Å². The lowest BCUT2D eigenvalue weighted by molar-refractivity contribution is 0.0671. The Morgan fingerprint density at radius 1 is 1.20 bits per heavy atom. The summed E-state index contributed by atoms with van der Waals surface area (Å²) in [5.41, 5.74) is 0. The molecule has 2 saturated carbocycles. The normalized spacial score (nSPS) is 63.9. The first-order valence-electron chi connectivity index (χ1n) is 4.48. The smallest absolute Gasteiger partial charge is 0.0635 e. The van der Waals surface area contributed by atoms with E-state index in [1.807, 2.05) is 0 Å². The summed E-state index contributed by atoms with van der Waals surface area (Å²) in [6.45, 7) is 3.45. The summed E-state index contributed by atoms with van der Waals surface area (Å²) in [7, 11) is 0. The number of rotatable bonds is 0.